The summed E-state index contributed by atoms with van der Waals surface area (Å²) in [5.41, 5.74) is 6.41. The number of hydrogen-bond acceptors (Lipinski definition) is 3. The van der Waals surface area contributed by atoms with E-state index in [1.54, 1.807) is 0 Å². The largest absolute Gasteiger partial charge is 0.326 e. The second-order valence-corrected chi connectivity index (χ2v) is 6.86. The van der Waals surface area contributed by atoms with Crippen LogP contribution >= 0.6 is 0 Å². The molecule has 2 aliphatic rings. The van der Waals surface area contributed by atoms with E-state index in [1.165, 1.54) is 58.3 Å². The fourth-order valence-electron chi connectivity index (χ4n) is 3.93. The first-order valence-corrected chi connectivity index (χ1v) is 8.35. The van der Waals surface area contributed by atoms with Gasteiger partial charge in [-0.25, -0.2) is 0 Å². The Morgan fingerprint density at radius 3 is 2.37 bits per heavy atom. The van der Waals surface area contributed by atoms with E-state index >= 15 is 0 Å². The highest BCUT2D eigenvalue weighted by Gasteiger charge is 2.33. The standard InChI is InChI=1S/C16H33N3/c1-4-5-14-6-7-15(17)16(12-14)19-10-8-18(9-11-19)13(2)3/h13-16H,4-12,17H2,1-3H3. The number of rotatable bonds is 4. The summed E-state index contributed by atoms with van der Waals surface area (Å²) < 4.78 is 0. The van der Waals surface area contributed by atoms with Crippen LogP contribution in [0, 0.1) is 5.92 Å². The van der Waals surface area contributed by atoms with Crippen LogP contribution in [-0.2, 0) is 0 Å². The molecule has 2 rings (SSSR count). The third kappa shape index (κ3) is 3.93. The highest BCUT2D eigenvalue weighted by molar-refractivity contribution is 4.91. The summed E-state index contributed by atoms with van der Waals surface area (Å²) in [6, 6.07) is 1.76. The zero-order valence-electron chi connectivity index (χ0n) is 13.1. The zero-order valence-corrected chi connectivity index (χ0v) is 13.1. The van der Waals surface area contributed by atoms with Crippen LogP contribution in [-0.4, -0.2) is 54.1 Å². The highest BCUT2D eigenvalue weighted by atomic mass is 15.3. The predicted octanol–water partition coefficient (Wildman–Crippen LogP) is 2.31. The minimum atomic E-state index is 0.415. The van der Waals surface area contributed by atoms with E-state index in [9.17, 15) is 0 Å². The lowest BCUT2D eigenvalue weighted by atomic mass is 9.79. The van der Waals surface area contributed by atoms with Crippen LogP contribution in [0.25, 0.3) is 0 Å². The Hall–Kier alpha value is -0.120. The molecule has 19 heavy (non-hydrogen) atoms. The average molecular weight is 267 g/mol. The Balaban J connectivity index is 1.86. The van der Waals surface area contributed by atoms with Gasteiger partial charge < -0.3 is 5.73 Å². The number of nitrogens with zero attached hydrogens (tertiary/aromatic N) is 2. The quantitative estimate of drug-likeness (QED) is 0.848. The lowest BCUT2D eigenvalue weighted by Crippen LogP contribution is -2.58. The predicted molar refractivity (Wildman–Crippen MR) is 82.3 cm³/mol. The molecule has 1 saturated carbocycles. The third-order valence-corrected chi connectivity index (χ3v) is 5.22. The molecule has 0 amide bonds. The normalized spacial score (nSPS) is 34.9. The van der Waals surface area contributed by atoms with Crippen molar-refractivity contribution in [3.05, 3.63) is 0 Å². The molecule has 1 saturated heterocycles. The van der Waals surface area contributed by atoms with Crippen molar-refractivity contribution in [1.82, 2.24) is 9.80 Å². The SMILES string of the molecule is CCCC1CCC(N)C(N2CCN(C(C)C)CC2)C1. The summed E-state index contributed by atoms with van der Waals surface area (Å²) in [6.45, 7) is 11.8. The molecular formula is C16H33N3. The van der Waals surface area contributed by atoms with E-state index in [2.05, 4.69) is 30.6 Å². The van der Waals surface area contributed by atoms with Crippen LogP contribution in [0.3, 0.4) is 0 Å². The lowest BCUT2D eigenvalue weighted by molar-refractivity contribution is 0.0442. The lowest BCUT2D eigenvalue weighted by Gasteiger charge is -2.45. The fourth-order valence-corrected chi connectivity index (χ4v) is 3.93. The van der Waals surface area contributed by atoms with Gasteiger partial charge in [-0.1, -0.05) is 19.8 Å². The first-order valence-electron chi connectivity index (χ1n) is 8.35. The van der Waals surface area contributed by atoms with Gasteiger partial charge in [-0.3, -0.25) is 9.80 Å². The van der Waals surface area contributed by atoms with Crippen LogP contribution in [0.15, 0.2) is 0 Å². The van der Waals surface area contributed by atoms with Crippen molar-refractivity contribution in [3.8, 4) is 0 Å². The van der Waals surface area contributed by atoms with Gasteiger partial charge in [0.15, 0.2) is 0 Å². The maximum Gasteiger partial charge on any atom is 0.0250 e. The summed E-state index contributed by atoms with van der Waals surface area (Å²) >= 11 is 0. The van der Waals surface area contributed by atoms with Gasteiger partial charge in [-0.15, -0.1) is 0 Å². The van der Waals surface area contributed by atoms with Gasteiger partial charge in [0, 0.05) is 44.3 Å². The van der Waals surface area contributed by atoms with Gasteiger partial charge >= 0.3 is 0 Å². The molecule has 3 heteroatoms. The summed E-state index contributed by atoms with van der Waals surface area (Å²) in [5.74, 6) is 0.929. The van der Waals surface area contributed by atoms with Gasteiger partial charge in [0.1, 0.15) is 0 Å². The van der Waals surface area contributed by atoms with Crippen molar-refractivity contribution < 1.29 is 0 Å². The number of hydrogen-bond donors (Lipinski definition) is 1. The fraction of sp³-hybridized carbons (Fsp3) is 1.00. The maximum atomic E-state index is 6.41. The molecule has 1 aliphatic carbocycles. The van der Waals surface area contributed by atoms with E-state index in [-0.39, 0.29) is 0 Å². The summed E-state index contributed by atoms with van der Waals surface area (Å²) in [5, 5.41) is 0. The highest BCUT2D eigenvalue weighted by Crippen LogP contribution is 2.30. The molecule has 1 heterocycles. The smallest absolute Gasteiger partial charge is 0.0250 e. The van der Waals surface area contributed by atoms with Crippen molar-refractivity contribution >= 4 is 0 Å². The van der Waals surface area contributed by atoms with Crippen molar-refractivity contribution in [2.24, 2.45) is 11.7 Å². The molecule has 3 atom stereocenters. The zero-order chi connectivity index (χ0) is 13.8. The van der Waals surface area contributed by atoms with Gasteiger partial charge in [0.2, 0.25) is 0 Å². The van der Waals surface area contributed by atoms with Gasteiger partial charge in [0.05, 0.1) is 0 Å². The molecule has 2 fully saturated rings. The molecule has 0 aromatic rings. The van der Waals surface area contributed by atoms with E-state index in [4.69, 9.17) is 5.73 Å². The third-order valence-electron chi connectivity index (χ3n) is 5.22. The average Bonchev–Trinajstić information content (AvgIpc) is 2.41. The number of nitrogens with two attached hydrogens (primary N) is 1. The van der Waals surface area contributed by atoms with Crippen molar-refractivity contribution in [1.29, 1.82) is 0 Å². The summed E-state index contributed by atoms with van der Waals surface area (Å²) in [4.78, 5) is 5.28. The first kappa shape index (κ1) is 15.3. The molecular weight excluding hydrogens is 234 g/mol. The maximum absolute atomic E-state index is 6.41. The molecule has 0 bridgehead atoms. The molecule has 0 aromatic heterocycles. The van der Waals surface area contributed by atoms with Gasteiger partial charge in [-0.05, 0) is 39.0 Å². The molecule has 1 aliphatic heterocycles. The van der Waals surface area contributed by atoms with Crippen LogP contribution < -0.4 is 5.73 Å². The Kier molecular flexibility index (Phi) is 5.67. The summed E-state index contributed by atoms with van der Waals surface area (Å²) in [6.07, 6.45) is 6.66. The molecule has 3 unspecified atom stereocenters. The molecule has 3 nitrogen and oxygen atoms in total. The monoisotopic (exact) mass is 267 g/mol. The Morgan fingerprint density at radius 1 is 1.11 bits per heavy atom. The second kappa shape index (κ2) is 7.05. The summed E-state index contributed by atoms with van der Waals surface area (Å²) in [7, 11) is 0. The van der Waals surface area contributed by atoms with Crippen LogP contribution in [0.1, 0.15) is 52.9 Å². The van der Waals surface area contributed by atoms with E-state index < -0.39 is 0 Å². The van der Waals surface area contributed by atoms with Crippen LogP contribution in [0.5, 0.6) is 0 Å². The molecule has 2 N–H and O–H groups in total. The topological polar surface area (TPSA) is 32.5 Å². The Morgan fingerprint density at radius 2 is 1.79 bits per heavy atom. The Labute approximate surface area is 119 Å². The van der Waals surface area contributed by atoms with Crippen LogP contribution in [0.4, 0.5) is 0 Å². The van der Waals surface area contributed by atoms with Crippen molar-refractivity contribution in [2.75, 3.05) is 26.2 Å². The second-order valence-electron chi connectivity index (χ2n) is 6.86. The molecule has 0 spiro atoms. The van der Waals surface area contributed by atoms with Crippen molar-refractivity contribution in [2.45, 2.75) is 71.0 Å². The Bertz CT molecular complexity index is 259. The minimum absolute atomic E-state index is 0.415. The van der Waals surface area contributed by atoms with Gasteiger partial charge in [-0.2, -0.15) is 0 Å². The van der Waals surface area contributed by atoms with Gasteiger partial charge in [0.25, 0.3) is 0 Å². The first-order chi connectivity index (χ1) is 9.11. The number of piperazine rings is 1. The van der Waals surface area contributed by atoms with E-state index in [0.29, 0.717) is 18.1 Å². The molecule has 0 radical (unpaired) electrons. The van der Waals surface area contributed by atoms with E-state index in [0.717, 1.165) is 5.92 Å². The van der Waals surface area contributed by atoms with E-state index in [1.807, 2.05) is 0 Å². The van der Waals surface area contributed by atoms with Crippen molar-refractivity contribution in [3.63, 3.8) is 0 Å². The minimum Gasteiger partial charge on any atom is -0.326 e. The molecule has 112 valence electrons. The molecule has 0 aromatic carbocycles. The van der Waals surface area contributed by atoms with Crippen LogP contribution in [0.2, 0.25) is 0 Å².